The number of rotatable bonds is 4. The second-order valence-corrected chi connectivity index (χ2v) is 5.27. The summed E-state index contributed by atoms with van der Waals surface area (Å²) in [6, 6.07) is -0.140. The van der Waals surface area contributed by atoms with Crippen molar-refractivity contribution in [2.24, 2.45) is 11.1 Å². The monoisotopic (exact) mass is 267 g/mol. The van der Waals surface area contributed by atoms with Gasteiger partial charge in [-0.3, -0.25) is 14.9 Å². The fourth-order valence-corrected chi connectivity index (χ4v) is 2.02. The summed E-state index contributed by atoms with van der Waals surface area (Å²) in [5, 5.41) is 5.79. The minimum absolute atomic E-state index is 0. The molecule has 0 radical (unpaired) electrons. The Hall–Kier alpha value is -0.460. The zero-order valence-electron chi connectivity index (χ0n) is 9.41. The average molecular weight is 268 g/mol. The van der Waals surface area contributed by atoms with E-state index in [1.54, 1.807) is 25.6 Å². The Labute approximate surface area is 106 Å². The van der Waals surface area contributed by atoms with Gasteiger partial charge in [-0.15, -0.1) is 24.2 Å². The molecule has 0 aromatic rings. The van der Waals surface area contributed by atoms with Gasteiger partial charge in [0, 0.05) is 18.2 Å². The van der Waals surface area contributed by atoms with Crippen molar-refractivity contribution < 1.29 is 9.59 Å². The lowest BCUT2D eigenvalue weighted by atomic mass is 9.93. The largest absolute Gasteiger partial charge is 0.369 e. The van der Waals surface area contributed by atoms with Crippen LogP contribution in [-0.4, -0.2) is 36.0 Å². The summed E-state index contributed by atoms with van der Waals surface area (Å²) in [5.74, 6) is 1.12. The van der Waals surface area contributed by atoms with E-state index in [0.29, 0.717) is 0 Å². The first-order valence-electron chi connectivity index (χ1n) is 4.82. The van der Waals surface area contributed by atoms with Crippen LogP contribution in [0.25, 0.3) is 0 Å². The second-order valence-electron chi connectivity index (χ2n) is 4.24. The van der Waals surface area contributed by atoms with Crippen LogP contribution in [0.2, 0.25) is 0 Å². The van der Waals surface area contributed by atoms with E-state index in [9.17, 15) is 9.59 Å². The number of carbonyl (C=O) groups is 2. The smallest absolute Gasteiger partial charge is 0.238 e. The van der Waals surface area contributed by atoms with Crippen LogP contribution in [0.1, 0.15) is 13.8 Å². The number of thioether (sulfide) groups is 1. The molecule has 16 heavy (non-hydrogen) atoms. The van der Waals surface area contributed by atoms with Crippen molar-refractivity contribution in [2.45, 2.75) is 19.9 Å². The molecule has 7 heteroatoms. The topological polar surface area (TPSA) is 84.2 Å². The van der Waals surface area contributed by atoms with Gasteiger partial charge in [-0.25, -0.2) is 0 Å². The number of hydrogen-bond donors (Lipinski definition) is 3. The van der Waals surface area contributed by atoms with Crippen LogP contribution in [-0.2, 0) is 9.59 Å². The number of halogens is 1. The highest BCUT2D eigenvalue weighted by Crippen LogP contribution is 2.13. The molecular weight excluding hydrogens is 250 g/mol. The fourth-order valence-electron chi connectivity index (χ4n) is 1.08. The zero-order valence-corrected chi connectivity index (χ0v) is 11.0. The third kappa shape index (κ3) is 4.19. The van der Waals surface area contributed by atoms with Crippen molar-refractivity contribution in [3.63, 3.8) is 0 Å². The van der Waals surface area contributed by atoms with E-state index < -0.39 is 11.3 Å². The van der Waals surface area contributed by atoms with Gasteiger partial charge >= 0.3 is 0 Å². The van der Waals surface area contributed by atoms with Crippen molar-refractivity contribution >= 4 is 36.0 Å². The number of amides is 2. The van der Waals surface area contributed by atoms with Crippen molar-refractivity contribution in [2.75, 3.05) is 18.2 Å². The third-order valence-corrected chi connectivity index (χ3v) is 3.34. The van der Waals surface area contributed by atoms with Crippen LogP contribution >= 0.6 is 24.2 Å². The molecule has 0 aromatic heterocycles. The summed E-state index contributed by atoms with van der Waals surface area (Å²) in [4.78, 5) is 22.6. The third-order valence-electron chi connectivity index (χ3n) is 2.40. The molecule has 0 spiro atoms. The first-order valence-corrected chi connectivity index (χ1v) is 5.98. The van der Waals surface area contributed by atoms with Crippen LogP contribution in [0.3, 0.4) is 0 Å². The molecule has 0 aromatic carbocycles. The first-order chi connectivity index (χ1) is 6.93. The highest BCUT2D eigenvalue weighted by atomic mass is 35.5. The van der Waals surface area contributed by atoms with Crippen LogP contribution in [0.15, 0.2) is 0 Å². The zero-order chi connectivity index (χ0) is 11.5. The van der Waals surface area contributed by atoms with Crippen LogP contribution < -0.4 is 16.4 Å². The molecule has 0 bridgehead atoms. The molecule has 1 fully saturated rings. The van der Waals surface area contributed by atoms with Crippen LogP contribution in [0.5, 0.6) is 0 Å². The number of nitrogens with two attached hydrogens (primary N) is 1. The number of hydrogen-bond acceptors (Lipinski definition) is 4. The molecule has 4 N–H and O–H groups in total. The van der Waals surface area contributed by atoms with Gasteiger partial charge < -0.3 is 11.1 Å². The average Bonchev–Trinajstić information content (AvgIpc) is 2.66. The predicted octanol–water partition coefficient (Wildman–Crippen LogP) is -0.302. The van der Waals surface area contributed by atoms with E-state index in [1.807, 2.05) is 0 Å². The maximum Gasteiger partial charge on any atom is 0.238 e. The summed E-state index contributed by atoms with van der Waals surface area (Å²) in [6.07, 6.45) is 0. The van der Waals surface area contributed by atoms with Gasteiger partial charge in [-0.2, -0.15) is 0 Å². The Morgan fingerprint density at radius 1 is 1.56 bits per heavy atom. The summed E-state index contributed by atoms with van der Waals surface area (Å²) in [6.45, 7) is 3.71. The lowest BCUT2D eigenvalue weighted by Gasteiger charge is -2.21. The molecule has 1 unspecified atom stereocenters. The molecule has 0 aliphatic carbocycles. The molecule has 1 saturated heterocycles. The molecular formula is C9H18ClN3O2S. The van der Waals surface area contributed by atoms with E-state index >= 15 is 0 Å². The Morgan fingerprint density at radius 3 is 2.62 bits per heavy atom. The van der Waals surface area contributed by atoms with Gasteiger partial charge in [0.05, 0.1) is 11.5 Å². The van der Waals surface area contributed by atoms with E-state index in [2.05, 4.69) is 10.6 Å². The van der Waals surface area contributed by atoms with Crippen LogP contribution in [0.4, 0.5) is 0 Å². The first kappa shape index (κ1) is 15.5. The SMILES string of the molecule is CC(C)(CNC(=O)C1CSCN1)C(N)=O.Cl. The van der Waals surface area contributed by atoms with Gasteiger partial charge in [0.25, 0.3) is 0 Å². The lowest BCUT2D eigenvalue weighted by Crippen LogP contribution is -2.48. The molecule has 2 amide bonds. The lowest BCUT2D eigenvalue weighted by molar-refractivity contribution is -0.127. The highest BCUT2D eigenvalue weighted by molar-refractivity contribution is 7.99. The van der Waals surface area contributed by atoms with Gasteiger partial charge in [0.15, 0.2) is 0 Å². The summed E-state index contributed by atoms with van der Waals surface area (Å²) in [7, 11) is 0. The van der Waals surface area contributed by atoms with Crippen LogP contribution in [0, 0.1) is 5.41 Å². The van der Waals surface area contributed by atoms with Crippen molar-refractivity contribution in [3.8, 4) is 0 Å². The van der Waals surface area contributed by atoms with Gasteiger partial charge in [0.2, 0.25) is 11.8 Å². The van der Waals surface area contributed by atoms with Crippen molar-refractivity contribution in [3.05, 3.63) is 0 Å². The van der Waals surface area contributed by atoms with E-state index in [1.165, 1.54) is 0 Å². The minimum atomic E-state index is -0.693. The number of nitrogens with one attached hydrogen (secondary N) is 2. The Kier molecular flexibility index (Phi) is 6.14. The molecule has 0 saturated carbocycles. The van der Waals surface area contributed by atoms with Gasteiger partial charge in [0.1, 0.15) is 0 Å². The predicted molar refractivity (Wildman–Crippen MR) is 67.5 cm³/mol. The molecule has 1 rings (SSSR count). The summed E-state index contributed by atoms with van der Waals surface area (Å²) >= 11 is 1.69. The number of carbonyl (C=O) groups excluding carboxylic acids is 2. The quantitative estimate of drug-likeness (QED) is 0.653. The van der Waals surface area contributed by atoms with E-state index in [4.69, 9.17) is 5.73 Å². The molecule has 94 valence electrons. The second kappa shape index (κ2) is 6.32. The Morgan fingerprint density at radius 2 is 2.19 bits per heavy atom. The maximum absolute atomic E-state index is 11.6. The van der Waals surface area contributed by atoms with Gasteiger partial charge in [-0.1, -0.05) is 0 Å². The molecule has 1 heterocycles. The van der Waals surface area contributed by atoms with Crippen molar-refractivity contribution in [1.82, 2.24) is 10.6 Å². The molecule has 5 nitrogen and oxygen atoms in total. The maximum atomic E-state index is 11.6. The fraction of sp³-hybridized carbons (Fsp3) is 0.778. The molecule has 1 aliphatic heterocycles. The highest BCUT2D eigenvalue weighted by Gasteiger charge is 2.28. The Bertz CT molecular complexity index is 267. The standard InChI is InChI=1S/C9H17N3O2S.ClH/c1-9(2,8(10)14)4-11-7(13)6-3-15-5-12-6;/h6,12H,3-5H2,1-2H3,(H2,10,14)(H,11,13);1H. The minimum Gasteiger partial charge on any atom is -0.369 e. The Balaban J connectivity index is 0.00000225. The number of primary amides is 1. The molecule has 1 aliphatic rings. The normalized spacial score (nSPS) is 20.0. The summed E-state index contributed by atoms with van der Waals surface area (Å²) < 4.78 is 0. The molecule has 1 atom stereocenters. The van der Waals surface area contributed by atoms with Crippen molar-refractivity contribution in [1.29, 1.82) is 0 Å². The van der Waals surface area contributed by atoms with E-state index in [-0.39, 0.29) is 30.9 Å². The van der Waals surface area contributed by atoms with Gasteiger partial charge in [-0.05, 0) is 13.8 Å². The van der Waals surface area contributed by atoms with E-state index in [0.717, 1.165) is 11.6 Å². The summed E-state index contributed by atoms with van der Waals surface area (Å²) in [5.41, 5.74) is 4.51.